The normalized spacial score (nSPS) is 10.8. The van der Waals surface area contributed by atoms with Gasteiger partial charge in [-0.2, -0.15) is 15.2 Å². The number of hydrogen-bond donors (Lipinski definition) is 1. The Bertz CT molecular complexity index is 738. The molecule has 7 heteroatoms. The molecule has 3 aromatic heterocycles. The first-order chi connectivity index (χ1) is 10.2. The van der Waals surface area contributed by atoms with E-state index in [9.17, 15) is 0 Å². The van der Waals surface area contributed by atoms with Crippen LogP contribution in [0.5, 0.6) is 5.88 Å². The quantitative estimate of drug-likeness (QED) is 0.791. The van der Waals surface area contributed by atoms with Gasteiger partial charge in [-0.15, -0.1) is 0 Å². The van der Waals surface area contributed by atoms with Crippen molar-refractivity contribution in [3.8, 4) is 23.1 Å². The molecule has 0 aliphatic rings. The summed E-state index contributed by atoms with van der Waals surface area (Å²) >= 11 is 0. The van der Waals surface area contributed by atoms with Crippen molar-refractivity contribution in [2.75, 3.05) is 7.11 Å². The van der Waals surface area contributed by atoms with Crippen molar-refractivity contribution in [1.82, 2.24) is 29.9 Å². The summed E-state index contributed by atoms with van der Waals surface area (Å²) < 4.78 is 6.83. The third-order valence-corrected chi connectivity index (χ3v) is 3.10. The molecule has 21 heavy (non-hydrogen) atoms. The van der Waals surface area contributed by atoms with Gasteiger partial charge in [-0.1, -0.05) is 6.92 Å². The van der Waals surface area contributed by atoms with E-state index in [-0.39, 0.29) is 0 Å². The first-order valence-corrected chi connectivity index (χ1v) is 6.69. The zero-order valence-corrected chi connectivity index (χ0v) is 12.2. The van der Waals surface area contributed by atoms with Gasteiger partial charge in [0.1, 0.15) is 0 Å². The van der Waals surface area contributed by atoms with Crippen molar-refractivity contribution in [2.45, 2.75) is 20.3 Å². The van der Waals surface area contributed by atoms with Gasteiger partial charge in [0, 0.05) is 29.2 Å². The maximum absolute atomic E-state index is 5.20. The molecule has 3 aromatic rings. The Labute approximate surface area is 122 Å². The fourth-order valence-electron chi connectivity index (χ4n) is 1.98. The van der Waals surface area contributed by atoms with Crippen molar-refractivity contribution >= 4 is 0 Å². The molecule has 1 N–H and O–H groups in total. The van der Waals surface area contributed by atoms with Gasteiger partial charge in [0.25, 0.3) is 5.95 Å². The van der Waals surface area contributed by atoms with Crippen molar-refractivity contribution in [3.05, 3.63) is 35.9 Å². The lowest BCUT2D eigenvalue weighted by Gasteiger charge is -2.05. The van der Waals surface area contributed by atoms with E-state index < -0.39 is 0 Å². The second-order valence-electron chi connectivity index (χ2n) is 4.66. The Hall–Kier alpha value is -2.70. The van der Waals surface area contributed by atoms with E-state index in [1.807, 2.05) is 32.2 Å². The summed E-state index contributed by atoms with van der Waals surface area (Å²) in [5, 5.41) is 11.4. The Morgan fingerprint density at radius 1 is 1.29 bits per heavy atom. The number of ether oxygens (including phenoxy) is 1. The minimum absolute atomic E-state index is 0.490. The standard InChI is InChI=1S/C14H16N6O/c1-4-11-6-13(21-3)17-14(16-11)20-8-10(7-15-20)12-5-9(2)18-19-12/h5-8H,4H2,1-3H3,(H,18,19). The first-order valence-electron chi connectivity index (χ1n) is 6.69. The molecule has 0 saturated carbocycles. The maximum atomic E-state index is 5.20. The zero-order valence-electron chi connectivity index (χ0n) is 12.2. The first kappa shape index (κ1) is 13.3. The van der Waals surface area contributed by atoms with Gasteiger partial charge < -0.3 is 4.74 Å². The average molecular weight is 284 g/mol. The highest BCUT2D eigenvalue weighted by atomic mass is 16.5. The van der Waals surface area contributed by atoms with Crippen molar-refractivity contribution < 1.29 is 4.74 Å². The third-order valence-electron chi connectivity index (χ3n) is 3.10. The van der Waals surface area contributed by atoms with Crippen molar-refractivity contribution in [1.29, 1.82) is 0 Å². The predicted molar refractivity (Wildman–Crippen MR) is 77.4 cm³/mol. The molecular formula is C14H16N6O. The van der Waals surface area contributed by atoms with Gasteiger partial charge in [-0.05, 0) is 19.4 Å². The number of H-pyrrole nitrogens is 1. The number of aromatic nitrogens is 6. The van der Waals surface area contributed by atoms with Crippen molar-refractivity contribution in [2.24, 2.45) is 0 Å². The molecule has 0 amide bonds. The number of methoxy groups -OCH3 is 1. The fourth-order valence-corrected chi connectivity index (χ4v) is 1.98. The highest BCUT2D eigenvalue weighted by Crippen LogP contribution is 2.18. The molecule has 3 heterocycles. The molecule has 0 fully saturated rings. The Morgan fingerprint density at radius 2 is 2.14 bits per heavy atom. The third kappa shape index (κ3) is 2.62. The predicted octanol–water partition coefficient (Wildman–Crippen LogP) is 1.93. The van der Waals surface area contributed by atoms with Gasteiger partial charge in [0.2, 0.25) is 5.88 Å². The number of nitrogens with one attached hydrogen (secondary N) is 1. The lowest BCUT2D eigenvalue weighted by atomic mass is 10.2. The molecule has 0 unspecified atom stereocenters. The van der Waals surface area contributed by atoms with E-state index >= 15 is 0 Å². The molecule has 3 rings (SSSR count). The molecular weight excluding hydrogens is 268 g/mol. The summed E-state index contributed by atoms with van der Waals surface area (Å²) in [4.78, 5) is 8.78. The monoisotopic (exact) mass is 284 g/mol. The fraction of sp³-hybridized carbons (Fsp3) is 0.286. The lowest BCUT2D eigenvalue weighted by molar-refractivity contribution is 0.394. The summed E-state index contributed by atoms with van der Waals surface area (Å²) in [6.45, 7) is 3.99. The number of aryl methyl sites for hydroxylation is 2. The molecule has 0 aliphatic heterocycles. The Morgan fingerprint density at radius 3 is 2.81 bits per heavy atom. The summed E-state index contributed by atoms with van der Waals surface area (Å²) in [6, 6.07) is 3.79. The second-order valence-corrected chi connectivity index (χ2v) is 4.66. The minimum atomic E-state index is 0.490. The maximum Gasteiger partial charge on any atom is 0.254 e. The zero-order chi connectivity index (χ0) is 14.8. The molecule has 0 radical (unpaired) electrons. The molecule has 0 aliphatic carbocycles. The van der Waals surface area contributed by atoms with E-state index in [4.69, 9.17) is 4.74 Å². The molecule has 0 atom stereocenters. The van der Waals surface area contributed by atoms with E-state index in [0.29, 0.717) is 11.8 Å². The average Bonchev–Trinajstić information content (AvgIpc) is 3.15. The summed E-state index contributed by atoms with van der Waals surface area (Å²) in [5.41, 5.74) is 3.66. The van der Waals surface area contributed by atoms with Gasteiger partial charge in [0.05, 0.1) is 19.0 Å². The van der Waals surface area contributed by atoms with E-state index in [2.05, 4.69) is 25.3 Å². The van der Waals surface area contributed by atoms with Crippen LogP contribution in [0.25, 0.3) is 17.2 Å². The van der Waals surface area contributed by atoms with Crippen LogP contribution in [0.3, 0.4) is 0 Å². The van der Waals surface area contributed by atoms with Crippen LogP contribution in [0.1, 0.15) is 18.3 Å². The highest BCUT2D eigenvalue weighted by Gasteiger charge is 2.10. The van der Waals surface area contributed by atoms with E-state index in [0.717, 1.165) is 29.1 Å². The topological polar surface area (TPSA) is 81.5 Å². The number of aromatic amines is 1. The number of nitrogens with zero attached hydrogens (tertiary/aromatic N) is 5. The van der Waals surface area contributed by atoms with Crippen LogP contribution in [0.15, 0.2) is 24.5 Å². The van der Waals surface area contributed by atoms with E-state index in [1.54, 1.807) is 18.0 Å². The Kier molecular flexibility index (Phi) is 3.39. The molecule has 0 bridgehead atoms. The van der Waals surface area contributed by atoms with Gasteiger partial charge >= 0.3 is 0 Å². The SMILES string of the molecule is CCc1cc(OC)nc(-n2cc(-c3cc(C)[nH]n3)cn2)n1. The van der Waals surface area contributed by atoms with Crippen LogP contribution >= 0.6 is 0 Å². The van der Waals surface area contributed by atoms with Crippen LogP contribution in [0, 0.1) is 6.92 Å². The van der Waals surface area contributed by atoms with E-state index in [1.165, 1.54) is 0 Å². The van der Waals surface area contributed by atoms with Crippen LogP contribution in [-0.4, -0.2) is 37.1 Å². The molecule has 0 spiro atoms. The van der Waals surface area contributed by atoms with Crippen LogP contribution < -0.4 is 4.74 Å². The minimum Gasteiger partial charge on any atom is -0.481 e. The van der Waals surface area contributed by atoms with Gasteiger partial charge in [-0.25, -0.2) is 9.67 Å². The van der Waals surface area contributed by atoms with Crippen LogP contribution in [0.4, 0.5) is 0 Å². The van der Waals surface area contributed by atoms with Gasteiger partial charge in [-0.3, -0.25) is 5.10 Å². The van der Waals surface area contributed by atoms with Crippen molar-refractivity contribution in [3.63, 3.8) is 0 Å². The summed E-state index contributed by atoms with van der Waals surface area (Å²) in [6.07, 6.45) is 4.40. The summed E-state index contributed by atoms with van der Waals surface area (Å²) in [7, 11) is 1.59. The van der Waals surface area contributed by atoms with Crippen LogP contribution in [0.2, 0.25) is 0 Å². The smallest absolute Gasteiger partial charge is 0.254 e. The molecule has 0 saturated heterocycles. The molecule has 0 aromatic carbocycles. The largest absolute Gasteiger partial charge is 0.481 e. The molecule has 108 valence electrons. The Balaban J connectivity index is 1.99. The number of rotatable bonds is 4. The lowest BCUT2D eigenvalue weighted by Crippen LogP contribution is -2.05. The van der Waals surface area contributed by atoms with Gasteiger partial charge in [0.15, 0.2) is 0 Å². The number of hydrogen-bond acceptors (Lipinski definition) is 5. The highest BCUT2D eigenvalue weighted by molar-refractivity contribution is 5.57. The summed E-state index contributed by atoms with van der Waals surface area (Å²) in [5.74, 6) is 1.02. The molecule has 7 nitrogen and oxygen atoms in total. The van der Waals surface area contributed by atoms with Crippen LogP contribution in [-0.2, 0) is 6.42 Å². The second kappa shape index (κ2) is 5.35.